The van der Waals surface area contributed by atoms with Crippen LogP contribution in [0.25, 0.3) is 0 Å². The summed E-state index contributed by atoms with van der Waals surface area (Å²) in [4.78, 5) is 6.41. The third-order valence-electron chi connectivity index (χ3n) is 2.07. The van der Waals surface area contributed by atoms with Gasteiger partial charge in [0.15, 0.2) is 0 Å². The van der Waals surface area contributed by atoms with E-state index in [9.17, 15) is 0 Å². The SMILES string of the molecule is NCc1ncccc1Sc1cccc(Cl)c1. The molecular formula is C12H11ClN2S. The number of nitrogens with two attached hydrogens (primary N) is 1. The molecule has 2 nitrogen and oxygen atoms in total. The summed E-state index contributed by atoms with van der Waals surface area (Å²) in [5.74, 6) is 0. The summed E-state index contributed by atoms with van der Waals surface area (Å²) in [6, 6.07) is 11.7. The van der Waals surface area contributed by atoms with Crippen LogP contribution in [0.2, 0.25) is 5.02 Å². The summed E-state index contributed by atoms with van der Waals surface area (Å²) in [5.41, 5.74) is 6.54. The van der Waals surface area contributed by atoms with Gasteiger partial charge in [-0.2, -0.15) is 0 Å². The van der Waals surface area contributed by atoms with Crippen molar-refractivity contribution >= 4 is 23.4 Å². The minimum Gasteiger partial charge on any atom is -0.325 e. The summed E-state index contributed by atoms with van der Waals surface area (Å²) in [5, 5.41) is 0.739. The fourth-order valence-corrected chi connectivity index (χ4v) is 2.57. The topological polar surface area (TPSA) is 38.9 Å². The second-order valence-corrected chi connectivity index (χ2v) is 4.76. The molecule has 0 aliphatic carbocycles. The predicted molar refractivity (Wildman–Crippen MR) is 67.7 cm³/mol. The van der Waals surface area contributed by atoms with Crippen LogP contribution in [-0.2, 0) is 6.54 Å². The van der Waals surface area contributed by atoms with E-state index in [-0.39, 0.29) is 0 Å². The molecule has 2 N–H and O–H groups in total. The van der Waals surface area contributed by atoms with Crippen molar-refractivity contribution in [3.63, 3.8) is 0 Å². The molecule has 0 atom stereocenters. The molecule has 0 aliphatic heterocycles. The number of pyridine rings is 1. The van der Waals surface area contributed by atoms with Crippen molar-refractivity contribution in [3.8, 4) is 0 Å². The highest BCUT2D eigenvalue weighted by Crippen LogP contribution is 2.30. The Morgan fingerprint density at radius 1 is 1.25 bits per heavy atom. The van der Waals surface area contributed by atoms with E-state index < -0.39 is 0 Å². The Kier molecular flexibility index (Phi) is 3.83. The Morgan fingerprint density at radius 2 is 2.12 bits per heavy atom. The zero-order chi connectivity index (χ0) is 11.4. The molecule has 0 fully saturated rings. The maximum atomic E-state index is 5.93. The maximum Gasteiger partial charge on any atom is 0.0678 e. The molecule has 16 heavy (non-hydrogen) atoms. The number of benzene rings is 1. The molecule has 0 aliphatic rings. The molecule has 82 valence electrons. The molecule has 0 amide bonds. The highest BCUT2D eigenvalue weighted by molar-refractivity contribution is 7.99. The zero-order valence-corrected chi connectivity index (χ0v) is 10.1. The third-order valence-corrected chi connectivity index (χ3v) is 3.38. The van der Waals surface area contributed by atoms with Gasteiger partial charge in [0, 0.05) is 27.6 Å². The van der Waals surface area contributed by atoms with Crippen molar-refractivity contribution in [3.05, 3.63) is 53.3 Å². The van der Waals surface area contributed by atoms with Gasteiger partial charge in [-0.1, -0.05) is 29.4 Å². The van der Waals surface area contributed by atoms with Crippen molar-refractivity contribution in [2.75, 3.05) is 0 Å². The summed E-state index contributed by atoms with van der Waals surface area (Å²) in [7, 11) is 0. The van der Waals surface area contributed by atoms with E-state index in [0.29, 0.717) is 6.54 Å². The lowest BCUT2D eigenvalue weighted by molar-refractivity contribution is 0.944. The molecule has 0 saturated carbocycles. The molecule has 2 aromatic rings. The van der Waals surface area contributed by atoms with Gasteiger partial charge >= 0.3 is 0 Å². The van der Waals surface area contributed by atoms with Crippen molar-refractivity contribution in [1.29, 1.82) is 0 Å². The average Bonchev–Trinajstić information content (AvgIpc) is 2.30. The van der Waals surface area contributed by atoms with Crippen LogP contribution in [0.3, 0.4) is 0 Å². The van der Waals surface area contributed by atoms with Gasteiger partial charge in [-0.3, -0.25) is 4.98 Å². The molecule has 0 radical (unpaired) electrons. The summed E-state index contributed by atoms with van der Waals surface area (Å²) in [6.07, 6.45) is 1.75. The minimum absolute atomic E-state index is 0.448. The van der Waals surface area contributed by atoms with Gasteiger partial charge in [0.1, 0.15) is 0 Å². The number of hydrogen-bond acceptors (Lipinski definition) is 3. The Hall–Kier alpha value is -1.03. The van der Waals surface area contributed by atoms with Crippen LogP contribution in [0.4, 0.5) is 0 Å². The lowest BCUT2D eigenvalue weighted by Crippen LogP contribution is -2.00. The highest BCUT2D eigenvalue weighted by Gasteiger charge is 2.03. The molecule has 0 bridgehead atoms. The number of hydrogen-bond donors (Lipinski definition) is 1. The fraction of sp³-hybridized carbons (Fsp3) is 0.0833. The quantitative estimate of drug-likeness (QED) is 0.908. The van der Waals surface area contributed by atoms with E-state index in [4.69, 9.17) is 17.3 Å². The Bertz CT molecular complexity index is 488. The smallest absolute Gasteiger partial charge is 0.0678 e. The number of aromatic nitrogens is 1. The van der Waals surface area contributed by atoms with Crippen LogP contribution in [-0.4, -0.2) is 4.98 Å². The van der Waals surface area contributed by atoms with Gasteiger partial charge in [0.25, 0.3) is 0 Å². The second kappa shape index (κ2) is 5.34. The van der Waals surface area contributed by atoms with Gasteiger partial charge in [-0.15, -0.1) is 0 Å². The van der Waals surface area contributed by atoms with E-state index in [1.54, 1.807) is 18.0 Å². The molecule has 0 saturated heterocycles. The van der Waals surface area contributed by atoms with Gasteiger partial charge in [-0.05, 0) is 30.3 Å². The van der Waals surface area contributed by atoms with Gasteiger partial charge in [0.2, 0.25) is 0 Å². The molecule has 0 unspecified atom stereocenters. The minimum atomic E-state index is 0.448. The molecular weight excluding hydrogens is 240 g/mol. The van der Waals surface area contributed by atoms with Crippen LogP contribution >= 0.6 is 23.4 Å². The molecule has 1 aromatic carbocycles. The predicted octanol–water partition coefficient (Wildman–Crippen LogP) is 3.34. The summed E-state index contributed by atoms with van der Waals surface area (Å²) in [6.45, 7) is 0.448. The standard InChI is InChI=1S/C12H11ClN2S/c13-9-3-1-4-10(7-9)16-12-5-2-6-15-11(12)8-14/h1-7H,8,14H2. The van der Waals surface area contributed by atoms with Crippen molar-refractivity contribution in [2.45, 2.75) is 16.3 Å². The summed E-state index contributed by atoms with van der Waals surface area (Å²) >= 11 is 7.56. The van der Waals surface area contributed by atoms with Crippen LogP contribution in [0.5, 0.6) is 0 Å². The first-order valence-electron chi connectivity index (χ1n) is 4.87. The fourth-order valence-electron chi connectivity index (χ4n) is 1.33. The number of halogens is 1. The molecule has 2 rings (SSSR count). The van der Waals surface area contributed by atoms with E-state index >= 15 is 0 Å². The highest BCUT2D eigenvalue weighted by atomic mass is 35.5. The van der Waals surface area contributed by atoms with E-state index in [2.05, 4.69) is 4.98 Å². The monoisotopic (exact) mass is 250 g/mol. The van der Waals surface area contributed by atoms with Gasteiger partial charge in [0.05, 0.1) is 5.69 Å². The van der Waals surface area contributed by atoms with Crippen LogP contribution in [0.1, 0.15) is 5.69 Å². The first-order chi connectivity index (χ1) is 7.79. The first-order valence-corrected chi connectivity index (χ1v) is 6.06. The zero-order valence-electron chi connectivity index (χ0n) is 8.56. The molecule has 4 heteroatoms. The third kappa shape index (κ3) is 2.76. The van der Waals surface area contributed by atoms with Crippen LogP contribution in [0, 0.1) is 0 Å². The van der Waals surface area contributed by atoms with Crippen molar-refractivity contribution in [2.24, 2.45) is 5.73 Å². The Morgan fingerprint density at radius 3 is 2.88 bits per heavy atom. The van der Waals surface area contributed by atoms with Crippen molar-refractivity contribution < 1.29 is 0 Å². The Labute approximate surface area is 104 Å². The van der Waals surface area contributed by atoms with E-state index in [0.717, 1.165) is 20.5 Å². The average molecular weight is 251 g/mol. The normalized spacial score (nSPS) is 10.4. The first kappa shape index (κ1) is 11.5. The van der Waals surface area contributed by atoms with Crippen molar-refractivity contribution in [1.82, 2.24) is 4.98 Å². The van der Waals surface area contributed by atoms with Gasteiger partial charge < -0.3 is 5.73 Å². The lowest BCUT2D eigenvalue weighted by Gasteiger charge is -2.06. The molecule has 0 spiro atoms. The van der Waals surface area contributed by atoms with E-state index in [1.807, 2.05) is 36.4 Å². The largest absolute Gasteiger partial charge is 0.325 e. The molecule has 1 heterocycles. The number of rotatable bonds is 3. The summed E-state index contributed by atoms with van der Waals surface area (Å²) < 4.78 is 0. The lowest BCUT2D eigenvalue weighted by atomic mass is 10.3. The van der Waals surface area contributed by atoms with Crippen LogP contribution in [0.15, 0.2) is 52.4 Å². The maximum absolute atomic E-state index is 5.93. The Balaban J connectivity index is 2.26. The second-order valence-electron chi connectivity index (χ2n) is 3.21. The molecule has 1 aromatic heterocycles. The van der Waals surface area contributed by atoms with Gasteiger partial charge in [-0.25, -0.2) is 0 Å². The van der Waals surface area contributed by atoms with Crippen LogP contribution < -0.4 is 5.73 Å². The number of nitrogens with zero attached hydrogens (tertiary/aromatic N) is 1. The van der Waals surface area contributed by atoms with E-state index in [1.165, 1.54) is 0 Å².